The van der Waals surface area contributed by atoms with Gasteiger partial charge in [-0.1, -0.05) is 19.4 Å². The lowest BCUT2D eigenvalue weighted by Gasteiger charge is -2.20. The molecule has 2 N–H and O–H groups in total. The molecule has 0 spiro atoms. The van der Waals surface area contributed by atoms with Gasteiger partial charge in [0.15, 0.2) is 0 Å². The zero-order valence-corrected chi connectivity index (χ0v) is 12.8. The lowest BCUT2D eigenvalue weighted by Crippen LogP contribution is -2.39. The van der Waals surface area contributed by atoms with E-state index in [-0.39, 0.29) is 5.56 Å². The number of hydrogen-bond donors (Lipinski definition) is 1. The van der Waals surface area contributed by atoms with Crippen LogP contribution in [0.25, 0.3) is 11.4 Å². The van der Waals surface area contributed by atoms with Gasteiger partial charge in [-0.15, -0.1) is 0 Å². The molecule has 0 bridgehead atoms. The zero-order chi connectivity index (χ0) is 15.5. The summed E-state index contributed by atoms with van der Waals surface area (Å²) in [5, 5.41) is 4.44. The Labute approximate surface area is 124 Å². The van der Waals surface area contributed by atoms with E-state index in [0.717, 1.165) is 18.5 Å². The maximum Gasteiger partial charge on any atom is 0.271 e. The van der Waals surface area contributed by atoms with Crippen molar-refractivity contribution in [2.45, 2.75) is 45.7 Å². The summed E-state index contributed by atoms with van der Waals surface area (Å²) in [7, 11) is 0. The van der Waals surface area contributed by atoms with Gasteiger partial charge >= 0.3 is 0 Å². The molecule has 2 aromatic heterocycles. The van der Waals surface area contributed by atoms with Crippen LogP contribution in [0.1, 0.15) is 39.2 Å². The summed E-state index contributed by atoms with van der Waals surface area (Å²) in [6.07, 6.45) is 3.62. The van der Waals surface area contributed by atoms with Gasteiger partial charge < -0.3 is 5.73 Å². The lowest BCUT2D eigenvalue weighted by molar-refractivity contribution is 0.498. The molecule has 2 rings (SSSR count). The van der Waals surface area contributed by atoms with Crippen LogP contribution in [0.3, 0.4) is 0 Å². The Morgan fingerprint density at radius 3 is 2.62 bits per heavy atom. The fraction of sp³-hybridized carbons (Fsp3) is 0.438. The highest BCUT2D eigenvalue weighted by atomic mass is 16.1. The molecule has 0 aromatic carbocycles. The molecule has 112 valence electrons. The highest BCUT2D eigenvalue weighted by Gasteiger charge is 2.21. The second-order valence-electron chi connectivity index (χ2n) is 5.76. The number of aromatic nitrogens is 3. The number of nitrogens with two attached hydrogens (primary N) is 1. The first-order valence-electron chi connectivity index (χ1n) is 7.26. The van der Waals surface area contributed by atoms with Crippen LogP contribution >= 0.6 is 0 Å². The molecule has 0 saturated heterocycles. The Balaban J connectivity index is 2.59. The van der Waals surface area contributed by atoms with Gasteiger partial charge in [0.1, 0.15) is 5.69 Å². The number of unbranched alkanes of at least 4 members (excludes halogenated alkanes) is 1. The van der Waals surface area contributed by atoms with E-state index in [9.17, 15) is 4.79 Å². The van der Waals surface area contributed by atoms with E-state index >= 15 is 0 Å². The molecular weight excluding hydrogens is 264 g/mol. The third-order valence-corrected chi connectivity index (χ3v) is 3.32. The summed E-state index contributed by atoms with van der Waals surface area (Å²) in [4.78, 5) is 16.8. The number of rotatable bonds is 5. The predicted molar refractivity (Wildman–Crippen MR) is 83.8 cm³/mol. The van der Waals surface area contributed by atoms with Crippen molar-refractivity contribution >= 4 is 0 Å². The van der Waals surface area contributed by atoms with Crippen LogP contribution in [0.15, 0.2) is 35.3 Å². The fourth-order valence-electron chi connectivity index (χ4n) is 2.10. The molecular formula is C16H22N4O. The summed E-state index contributed by atoms with van der Waals surface area (Å²) in [6, 6.07) is 7.39. The molecule has 0 aliphatic heterocycles. The van der Waals surface area contributed by atoms with Crippen molar-refractivity contribution in [1.82, 2.24) is 14.8 Å². The lowest BCUT2D eigenvalue weighted by atomic mass is 9.96. The zero-order valence-electron chi connectivity index (χ0n) is 12.8. The molecule has 0 unspecified atom stereocenters. The molecule has 0 aliphatic rings. The predicted octanol–water partition coefficient (Wildman–Crippen LogP) is 2.30. The minimum Gasteiger partial charge on any atom is -0.322 e. The van der Waals surface area contributed by atoms with E-state index < -0.39 is 5.54 Å². The van der Waals surface area contributed by atoms with E-state index in [4.69, 9.17) is 5.73 Å². The molecule has 0 atom stereocenters. The standard InChI is InChI=1S/C16H22N4O/c1-4-5-10-20-15(21)12(16(2,3)17)11-14(19-20)13-8-6-7-9-18-13/h6-9,11H,4-5,10,17H2,1-3H3. The first-order chi connectivity index (χ1) is 9.93. The molecule has 0 saturated carbocycles. The van der Waals surface area contributed by atoms with Crippen molar-refractivity contribution in [2.75, 3.05) is 0 Å². The van der Waals surface area contributed by atoms with Crippen LogP contribution in [0.4, 0.5) is 0 Å². The molecule has 2 aromatic rings. The van der Waals surface area contributed by atoms with Crippen molar-refractivity contribution in [1.29, 1.82) is 0 Å². The Bertz CT molecular complexity index is 656. The minimum absolute atomic E-state index is 0.115. The SMILES string of the molecule is CCCCn1nc(-c2ccccn2)cc(C(C)(C)N)c1=O. The monoisotopic (exact) mass is 286 g/mol. The molecule has 0 amide bonds. The van der Waals surface area contributed by atoms with Crippen molar-refractivity contribution in [3.05, 3.63) is 46.4 Å². The molecule has 5 heteroatoms. The van der Waals surface area contributed by atoms with Crippen molar-refractivity contribution < 1.29 is 0 Å². The fourth-order valence-corrected chi connectivity index (χ4v) is 2.10. The second-order valence-corrected chi connectivity index (χ2v) is 5.76. The third-order valence-electron chi connectivity index (χ3n) is 3.32. The summed E-state index contributed by atoms with van der Waals surface area (Å²) in [5.74, 6) is 0. The van der Waals surface area contributed by atoms with Crippen molar-refractivity contribution in [3.8, 4) is 11.4 Å². The highest BCUT2D eigenvalue weighted by molar-refractivity contribution is 5.54. The van der Waals surface area contributed by atoms with E-state index in [0.29, 0.717) is 17.8 Å². The Kier molecular flexibility index (Phi) is 4.53. The summed E-state index contributed by atoms with van der Waals surface area (Å²) < 4.78 is 1.51. The Morgan fingerprint density at radius 1 is 1.29 bits per heavy atom. The van der Waals surface area contributed by atoms with E-state index in [2.05, 4.69) is 17.0 Å². The van der Waals surface area contributed by atoms with Crippen LogP contribution in [-0.2, 0) is 12.1 Å². The average molecular weight is 286 g/mol. The van der Waals surface area contributed by atoms with Crippen LogP contribution in [0.2, 0.25) is 0 Å². The largest absolute Gasteiger partial charge is 0.322 e. The number of aryl methyl sites for hydroxylation is 1. The van der Waals surface area contributed by atoms with Gasteiger partial charge in [-0.25, -0.2) is 4.68 Å². The molecule has 21 heavy (non-hydrogen) atoms. The summed E-state index contributed by atoms with van der Waals surface area (Å²) >= 11 is 0. The second kappa shape index (κ2) is 6.18. The highest BCUT2D eigenvalue weighted by Crippen LogP contribution is 2.19. The van der Waals surface area contributed by atoms with Crippen LogP contribution in [0.5, 0.6) is 0 Å². The van der Waals surface area contributed by atoms with Gasteiger partial charge in [-0.3, -0.25) is 9.78 Å². The molecule has 0 radical (unpaired) electrons. The van der Waals surface area contributed by atoms with Crippen molar-refractivity contribution in [2.24, 2.45) is 5.73 Å². The van der Waals surface area contributed by atoms with Crippen molar-refractivity contribution in [3.63, 3.8) is 0 Å². The first-order valence-corrected chi connectivity index (χ1v) is 7.26. The smallest absolute Gasteiger partial charge is 0.271 e. The van der Waals surface area contributed by atoms with E-state index in [1.54, 1.807) is 12.3 Å². The minimum atomic E-state index is -0.711. The van der Waals surface area contributed by atoms with Crippen LogP contribution in [0, 0.1) is 0 Å². The maximum atomic E-state index is 12.5. The third kappa shape index (κ3) is 3.55. The van der Waals surface area contributed by atoms with Gasteiger partial charge in [-0.2, -0.15) is 5.10 Å². The van der Waals surface area contributed by atoms with Gasteiger partial charge in [0.25, 0.3) is 5.56 Å². The normalized spacial score (nSPS) is 11.6. The maximum absolute atomic E-state index is 12.5. The Hall–Kier alpha value is -2.01. The first kappa shape index (κ1) is 15.4. The van der Waals surface area contributed by atoms with Crippen LogP contribution < -0.4 is 11.3 Å². The average Bonchev–Trinajstić information content (AvgIpc) is 2.46. The quantitative estimate of drug-likeness (QED) is 0.915. The number of pyridine rings is 1. The van der Waals surface area contributed by atoms with Gasteiger partial charge in [0.2, 0.25) is 0 Å². The Morgan fingerprint density at radius 2 is 2.05 bits per heavy atom. The van der Waals surface area contributed by atoms with Gasteiger partial charge in [0, 0.05) is 23.8 Å². The molecule has 0 aliphatic carbocycles. The topological polar surface area (TPSA) is 73.8 Å². The van der Waals surface area contributed by atoms with E-state index in [1.807, 2.05) is 32.0 Å². The van der Waals surface area contributed by atoms with E-state index in [1.165, 1.54) is 4.68 Å². The number of hydrogen-bond acceptors (Lipinski definition) is 4. The molecule has 0 fully saturated rings. The van der Waals surface area contributed by atoms with Gasteiger partial charge in [0.05, 0.1) is 5.69 Å². The number of nitrogens with zero attached hydrogens (tertiary/aromatic N) is 3. The summed E-state index contributed by atoms with van der Waals surface area (Å²) in [6.45, 7) is 6.34. The molecule has 5 nitrogen and oxygen atoms in total. The molecule has 2 heterocycles. The van der Waals surface area contributed by atoms with Crippen LogP contribution in [-0.4, -0.2) is 14.8 Å². The van der Waals surface area contributed by atoms with Gasteiger partial charge in [-0.05, 0) is 38.5 Å². The summed E-state index contributed by atoms with van der Waals surface area (Å²) in [5.41, 5.74) is 7.30.